The normalized spacial score (nSPS) is 23.4. The average molecular weight is 261 g/mol. The highest BCUT2D eigenvalue weighted by Gasteiger charge is 2.23. The number of nitrogens with two attached hydrogens (primary N) is 1. The van der Waals surface area contributed by atoms with E-state index in [1.54, 1.807) is 0 Å². The molecular formula is C16H27N3. The van der Waals surface area contributed by atoms with Crippen molar-refractivity contribution >= 4 is 0 Å². The maximum absolute atomic E-state index is 5.91. The number of likely N-dealkylation sites (N-methyl/N-ethyl adjacent to an activating group) is 1. The fourth-order valence-corrected chi connectivity index (χ4v) is 2.87. The summed E-state index contributed by atoms with van der Waals surface area (Å²) in [6, 6.07) is 11.3. The molecule has 1 aliphatic rings. The van der Waals surface area contributed by atoms with Gasteiger partial charge in [-0.3, -0.25) is 4.90 Å². The Balaban J connectivity index is 1.84. The smallest absolute Gasteiger partial charge is 0.0346 e. The Kier molecular flexibility index (Phi) is 5.37. The summed E-state index contributed by atoms with van der Waals surface area (Å²) in [5.74, 6) is 0.624. The molecule has 2 atom stereocenters. The maximum atomic E-state index is 5.91. The molecule has 0 bridgehead atoms. The Bertz CT molecular complexity index is 366. The van der Waals surface area contributed by atoms with Gasteiger partial charge in [-0.15, -0.1) is 0 Å². The molecule has 1 aromatic rings. The van der Waals surface area contributed by atoms with E-state index in [2.05, 4.69) is 54.1 Å². The zero-order valence-corrected chi connectivity index (χ0v) is 12.3. The van der Waals surface area contributed by atoms with Crippen LogP contribution in [0.4, 0.5) is 0 Å². The summed E-state index contributed by atoms with van der Waals surface area (Å²) in [4.78, 5) is 4.95. The number of hydrogen-bond donors (Lipinski definition) is 1. The molecule has 1 fully saturated rings. The fraction of sp³-hybridized carbons (Fsp3) is 0.625. The van der Waals surface area contributed by atoms with Crippen LogP contribution in [0, 0.1) is 0 Å². The SMILES string of the molecule is CC(CCN1CCN(C)CC1CN)c1ccccc1. The van der Waals surface area contributed by atoms with Gasteiger partial charge in [0.2, 0.25) is 0 Å². The van der Waals surface area contributed by atoms with E-state index in [-0.39, 0.29) is 0 Å². The molecule has 2 rings (SSSR count). The molecule has 3 nitrogen and oxygen atoms in total. The van der Waals surface area contributed by atoms with Gasteiger partial charge in [-0.2, -0.15) is 0 Å². The highest BCUT2D eigenvalue weighted by molar-refractivity contribution is 5.18. The van der Waals surface area contributed by atoms with Crippen LogP contribution in [0.15, 0.2) is 30.3 Å². The number of piperazine rings is 1. The Morgan fingerprint density at radius 3 is 2.68 bits per heavy atom. The van der Waals surface area contributed by atoms with E-state index < -0.39 is 0 Å². The second-order valence-electron chi connectivity index (χ2n) is 5.79. The summed E-state index contributed by atoms with van der Waals surface area (Å²) in [5, 5.41) is 0. The lowest BCUT2D eigenvalue weighted by atomic mass is 9.97. The summed E-state index contributed by atoms with van der Waals surface area (Å²) >= 11 is 0. The molecule has 106 valence electrons. The molecule has 1 heterocycles. The molecule has 0 spiro atoms. The summed E-state index contributed by atoms with van der Waals surface area (Å²) in [5.41, 5.74) is 7.35. The van der Waals surface area contributed by atoms with E-state index in [1.807, 2.05) is 0 Å². The molecule has 0 aromatic heterocycles. The van der Waals surface area contributed by atoms with Gasteiger partial charge in [0.25, 0.3) is 0 Å². The molecule has 19 heavy (non-hydrogen) atoms. The Morgan fingerprint density at radius 1 is 1.26 bits per heavy atom. The van der Waals surface area contributed by atoms with E-state index in [0.29, 0.717) is 12.0 Å². The number of benzene rings is 1. The third kappa shape index (κ3) is 4.03. The van der Waals surface area contributed by atoms with Gasteiger partial charge in [0, 0.05) is 32.2 Å². The van der Waals surface area contributed by atoms with Crippen LogP contribution in [-0.2, 0) is 0 Å². The van der Waals surface area contributed by atoms with Crippen molar-refractivity contribution in [2.45, 2.75) is 25.3 Å². The minimum absolute atomic E-state index is 0.529. The van der Waals surface area contributed by atoms with Crippen LogP contribution in [0.1, 0.15) is 24.8 Å². The molecule has 0 amide bonds. The van der Waals surface area contributed by atoms with Gasteiger partial charge in [0.1, 0.15) is 0 Å². The number of rotatable bonds is 5. The lowest BCUT2D eigenvalue weighted by molar-refractivity contribution is 0.0919. The fourth-order valence-electron chi connectivity index (χ4n) is 2.87. The minimum Gasteiger partial charge on any atom is -0.329 e. The summed E-state index contributed by atoms with van der Waals surface area (Å²) in [7, 11) is 2.19. The van der Waals surface area contributed by atoms with Gasteiger partial charge >= 0.3 is 0 Å². The molecule has 2 N–H and O–H groups in total. The van der Waals surface area contributed by atoms with Crippen LogP contribution in [0.3, 0.4) is 0 Å². The Morgan fingerprint density at radius 2 is 2.00 bits per heavy atom. The van der Waals surface area contributed by atoms with Crippen LogP contribution in [0.2, 0.25) is 0 Å². The highest BCUT2D eigenvalue weighted by Crippen LogP contribution is 2.20. The molecule has 0 saturated carbocycles. The zero-order chi connectivity index (χ0) is 13.7. The quantitative estimate of drug-likeness (QED) is 0.876. The van der Waals surface area contributed by atoms with Crippen molar-refractivity contribution in [3.63, 3.8) is 0 Å². The molecule has 0 aliphatic carbocycles. The van der Waals surface area contributed by atoms with Crippen LogP contribution in [0.25, 0.3) is 0 Å². The van der Waals surface area contributed by atoms with Crippen molar-refractivity contribution in [3.8, 4) is 0 Å². The van der Waals surface area contributed by atoms with E-state index >= 15 is 0 Å². The Labute approximate surface area is 117 Å². The lowest BCUT2D eigenvalue weighted by Crippen LogP contribution is -2.55. The van der Waals surface area contributed by atoms with E-state index in [4.69, 9.17) is 5.73 Å². The first kappa shape index (κ1) is 14.5. The molecule has 1 saturated heterocycles. The monoisotopic (exact) mass is 261 g/mol. The standard InChI is InChI=1S/C16H27N3/c1-14(15-6-4-3-5-7-15)8-9-19-11-10-18(2)13-16(19)12-17/h3-7,14,16H,8-13,17H2,1-2H3. The second-order valence-corrected chi connectivity index (χ2v) is 5.79. The predicted octanol–water partition coefficient (Wildman–Crippen LogP) is 1.75. The van der Waals surface area contributed by atoms with E-state index in [1.165, 1.54) is 12.0 Å². The topological polar surface area (TPSA) is 32.5 Å². The first-order valence-electron chi connectivity index (χ1n) is 7.38. The zero-order valence-electron chi connectivity index (χ0n) is 12.3. The van der Waals surface area contributed by atoms with Gasteiger partial charge in [0.05, 0.1) is 0 Å². The lowest BCUT2D eigenvalue weighted by Gasteiger charge is -2.40. The molecule has 1 aliphatic heterocycles. The largest absolute Gasteiger partial charge is 0.329 e. The van der Waals surface area contributed by atoms with Crippen LogP contribution in [0.5, 0.6) is 0 Å². The summed E-state index contributed by atoms with van der Waals surface area (Å²) in [6.07, 6.45) is 1.21. The van der Waals surface area contributed by atoms with Crippen LogP contribution >= 0.6 is 0 Å². The van der Waals surface area contributed by atoms with Crippen molar-refractivity contribution in [2.24, 2.45) is 5.73 Å². The van der Waals surface area contributed by atoms with Crippen molar-refractivity contribution in [3.05, 3.63) is 35.9 Å². The van der Waals surface area contributed by atoms with Crippen molar-refractivity contribution in [1.29, 1.82) is 0 Å². The molecule has 2 unspecified atom stereocenters. The molecular weight excluding hydrogens is 234 g/mol. The molecule has 0 radical (unpaired) electrons. The van der Waals surface area contributed by atoms with Gasteiger partial charge in [-0.25, -0.2) is 0 Å². The van der Waals surface area contributed by atoms with E-state index in [0.717, 1.165) is 32.7 Å². The third-order valence-corrected chi connectivity index (χ3v) is 4.30. The van der Waals surface area contributed by atoms with Gasteiger partial charge in [-0.1, -0.05) is 37.3 Å². The molecule has 3 heteroatoms. The number of hydrogen-bond acceptors (Lipinski definition) is 3. The first-order chi connectivity index (χ1) is 9.20. The van der Waals surface area contributed by atoms with Gasteiger partial charge < -0.3 is 10.6 Å². The van der Waals surface area contributed by atoms with Crippen LogP contribution < -0.4 is 5.73 Å². The van der Waals surface area contributed by atoms with Crippen LogP contribution in [-0.4, -0.2) is 55.6 Å². The maximum Gasteiger partial charge on any atom is 0.0346 e. The predicted molar refractivity (Wildman–Crippen MR) is 81.4 cm³/mol. The first-order valence-corrected chi connectivity index (χ1v) is 7.38. The molecule has 1 aromatic carbocycles. The summed E-state index contributed by atoms with van der Waals surface area (Å²) in [6.45, 7) is 7.67. The number of nitrogens with zero attached hydrogens (tertiary/aromatic N) is 2. The highest BCUT2D eigenvalue weighted by atomic mass is 15.3. The van der Waals surface area contributed by atoms with Crippen molar-refractivity contribution < 1.29 is 0 Å². The Hall–Kier alpha value is -0.900. The second kappa shape index (κ2) is 7.04. The third-order valence-electron chi connectivity index (χ3n) is 4.30. The average Bonchev–Trinajstić information content (AvgIpc) is 2.46. The van der Waals surface area contributed by atoms with Crippen molar-refractivity contribution in [1.82, 2.24) is 9.80 Å². The van der Waals surface area contributed by atoms with Gasteiger partial charge in [-0.05, 0) is 31.5 Å². The van der Waals surface area contributed by atoms with E-state index in [9.17, 15) is 0 Å². The summed E-state index contributed by atoms with van der Waals surface area (Å²) < 4.78 is 0. The van der Waals surface area contributed by atoms with Gasteiger partial charge in [0.15, 0.2) is 0 Å². The minimum atomic E-state index is 0.529. The van der Waals surface area contributed by atoms with Crippen molar-refractivity contribution in [2.75, 3.05) is 39.8 Å².